The Bertz CT molecular complexity index is 441. The molecule has 0 aromatic heterocycles. The second-order valence-corrected chi connectivity index (χ2v) is 5.35. The molecule has 1 aromatic carbocycles. The van der Waals surface area contributed by atoms with Gasteiger partial charge in [-0.1, -0.05) is 22.0 Å². The number of carboxylic acid groups (broad SMARTS) is 1. The number of nitrogens with two attached hydrogens (primary N) is 1. The highest BCUT2D eigenvalue weighted by Crippen LogP contribution is 2.51. The predicted octanol–water partition coefficient (Wildman–Crippen LogP) is 2.20. The SMILES string of the molecule is Cc1ccc(Br)cc1C1(C(N)C(=O)O)CC1. The number of halogens is 1. The van der Waals surface area contributed by atoms with E-state index in [2.05, 4.69) is 15.9 Å². The van der Waals surface area contributed by atoms with E-state index in [4.69, 9.17) is 10.8 Å². The van der Waals surface area contributed by atoms with Crippen LogP contribution in [0, 0.1) is 6.92 Å². The number of rotatable bonds is 3. The summed E-state index contributed by atoms with van der Waals surface area (Å²) in [4.78, 5) is 11.0. The molecule has 1 aromatic rings. The molecule has 0 spiro atoms. The van der Waals surface area contributed by atoms with Crippen molar-refractivity contribution in [3.8, 4) is 0 Å². The first-order chi connectivity index (χ1) is 7.47. The Morgan fingerprint density at radius 1 is 1.56 bits per heavy atom. The van der Waals surface area contributed by atoms with Crippen molar-refractivity contribution in [3.05, 3.63) is 33.8 Å². The standard InChI is InChI=1S/C12H14BrNO2/c1-7-2-3-8(13)6-9(7)12(4-5-12)10(14)11(15)16/h2-3,6,10H,4-5,14H2,1H3,(H,15,16). The molecule has 1 saturated carbocycles. The minimum absolute atomic E-state index is 0.348. The van der Waals surface area contributed by atoms with Crippen LogP contribution in [0.4, 0.5) is 0 Å². The molecule has 0 aliphatic heterocycles. The maximum Gasteiger partial charge on any atom is 0.321 e. The third-order valence-corrected chi connectivity index (χ3v) is 3.88. The van der Waals surface area contributed by atoms with Gasteiger partial charge in [-0.3, -0.25) is 4.79 Å². The van der Waals surface area contributed by atoms with E-state index in [-0.39, 0.29) is 5.41 Å². The first-order valence-corrected chi connectivity index (χ1v) is 6.02. The molecule has 1 atom stereocenters. The van der Waals surface area contributed by atoms with Gasteiger partial charge in [0, 0.05) is 9.89 Å². The molecule has 4 heteroatoms. The average Bonchev–Trinajstić information content (AvgIpc) is 3.01. The van der Waals surface area contributed by atoms with Crippen LogP contribution < -0.4 is 5.73 Å². The third-order valence-electron chi connectivity index (χ3n) is 3.39. The first-order valence-electron chi connectivity index (χ1n) is 5.22. The third kappa shape index (κ3) is 1.76. The zero-order valence-electron chi connectivity index (χ0n) is 9.03. The summed E-state index contributed by atoms with van der Waals surface area (Å²) in [5, 5.41) is 9.04. The van der Waals surface area contributed by atoms with Gasteiger partial charge in [0.05, 0.1) is 0 Å². The summed E-state index contributed by atoms with van der Waals surface area (Å²) < 4.78 is 0.969. The molecule has 3 nitrogen and oxygen atoms in total. The van der Waals surface area contributed by atoms with Gasteiger partial charge >= 0.3 is 5.97 Å². The molecule has 0 amide bonds. The Morgan fingerprint density at radius 2 is 2.19 bits per heavy atom. The lowest BCUT2D eigenvalue weighted by atomic mass is 9.86. The number of aliphatic carboxylic acids is 1. The second-order valence-electron chi connectivity index (χ2n) is 4.43. The monoisotopic (exact) mass is 283 g/mol. The minimum atomic E-state index is -0.920. The zero-order valence-corrected chi connectivity index (χ0v) is 10.6. The van der Waals surface area contributed by atoms with Crippen molar-refractivity contribution in [1.29, 1.82) is 0 Å². The Balaban J connectivity index is 2.44. The molecule has 1 aliphatic carbocycles. The van der Waals surface area contributed by atoms with Crippen LogP contribution in [-0.2, 0) is 10.2 Å². The number of aryl methyl sites for hydroxylation is 1. The Hall–Kier alpha value is -0.870. The van der Waals surface area contributed by atoms with Crippen molar-refractivity contribution in [3.63, 3.8) is 0 Å². The van der Waals surface area contributed by atoms with E-state index >= 15 is 0 Å². The fourth-order valence-electron chi connectivity index (χ4n) is 2.25. The molecule has 0 bridgehead atoms. The van der Waals surface area contributed by atoms with E-state index in [1.54, 1.807) is 0 Å². The lowest BCUT2D eigenvalue weighted by Crippen LogP contribution is -2.42. The summed E-state index contributed by atoms with van der Waals surface area (Å²) in [6.07, 6.45) is 1.72. The summed E-state index contributed by atoms with van der Waals surface area (Å²) in [5.41, 5.74) is 7.62. The minimum Gasteiger partial charge on any atom is -0.480 e. The van der Waals surface area contributed by atoms with Crippen molar-refractivity contribution in [1.82, 2.24) is 0 Å². The van der Waals surface area contributed by atoms with Gasteiger partial charge in [0.2, 0.25) is 0 Å². The predicted molar refractivity (Wildman–Crippen MR) is 65.4 cm³/mol. The van der Waals surface area contributed by atoms with E-state index in [0.717, 1.165) is 28.4 Å². The summed E-state index contributed by atoms with van der Waals surface area (Å²) >= 11 is 3.41. The van der Waals surface area contributed by atoms with Crippen molar-refractivity contribution in [2.45, 2.75) is 31.2 Å². The maximum atomic E-state index is 11.0. The van der Waals surface area contributed by atoms with Gasteiger partial charge in [0.15, 0.2) is 0 Å². The molecule has 0 heterocycles. The van der Waals surface area contributed by atoms with Crippen LogP contribution in [0.1, 0.15) is 24.0 Å². The molecule has 3 N–H and O–H groups in total. The molecule has 1 fully saturated rings. The highest BCUT2D eigenvalue weighted by atomic mass is 79.9. The molecule has 86 valence electrons. The first kappa shape index (κ1) is 11.6. The van der Waals surface area contributed by atoms with Gasteiger partial charge in [-0.25, -0.2) is 0 Å². The van der Waals surface area contributed by atoms with Crippen molar-refractivity contribution < 1.29 is 9.90 Å². The second kappa shape index (κ2) is 3.86. The van der Waals surface area contributed by atoms with E-state index in [1.165, 1.54) is 0 Å². The van der Waals surface area contributed by atoms with Gasteiger partial charge in [-0.05, 0) is 43.0 Å². The Morgan fingerprint density at radius 3 is 2.69 bits per heavy atom. The summed E-state index contributed by atoms with van der Waals surface area (Å²) in [6, 6.07) is 5.14. The number of hydrogen-bond donors (Lipinski definition) is 2. The number of benzene rings is 1. The van der Waals surface area contributed by atoms with Crippen LogP contribution in [0.15, 0.2) is 22.7 Å². The molecular weight excluding hydrogens is 270 g/mol. The van der Waals surface area contributed by atoms with Crippen molar-refractivity contribution in [2.24, 2.45) is 5.73 Å². The number of carbonyl (C=O) groups is 1. The zero-order chi connectivity index (χ0) is 11.9. The molecule has 0 radical (unpaired) electrons. The number of carboxylic acids is 1. The van der Waals surface area contributed by atoms with Gasteiger partial charge < -0.3 is 10.8 Å². The van der Waals surface area contributed by atoms with Gasteiger partial charge in [0.1, 0.15) is 6.04 Å². The van der Waals surface area contributed by atoms with Gasteiger partial charge in [0.25, 0.3) is 0 Å². The van der Waals surface area contributed by atoms with Crippen LogP contribution in [0.2, 0.25) is 0 Å². The molecule has 1 unspecified atom stereocenters. The fraction of sp³-hybridized carbons (Fsp3) is 0.417. The Kier molecular flexibility index (Phi) is 2.80. The van der Waals surface area contributed by atoms with E-state index in [0.29, 0.717) is 0 Å². The maximum absolute atomic E-state index is 11.0. The lowest BCUT2D eigenvalue weighted by Gasteiger charge is -2.22. The highest BCUT2D eigenvalue weighted by Gasteiger charge is 2.53. The molecular formula is C12H14BrNO2. The topological polar surface area (TPSA) is 63.3 Å². The molecule has 2 rings (SSSR count). The fourth-order valence-corrected chi connectivity index (χ4v) is 2.61. The molecule has 0 saturated heterocycles. The van der Waals surface area contributed by atoms with Gasteiger partial charge in [-0.15, -0.1) is 0 Å². The summed E-state index contributed by atoms with van der Waals surface area (Å²) in [7, 11) is 0. The van der Waals surface area contributed by atoms with Crippen LogP contribution in [0.5, 0.6) is 0 Å². The van der Waals surface area contributed by atoms with Crippen molar-refractivity contribution in [2.75, 3.05) is 0 Å². The largest absolute Gasteiger partial charge is 0.480 e. The normalized spacial score (nSPS) is 19.2. The van der Waals surface area contributed by atoms with E-state index in [9.17, 15) is 4.79 Å². The van der Waals surface area contributed by atoms with E-state index in [1.807, 2.05) is 25.1 Å². The van der Waals surface area contributed by atoms with Crippen LogP contribution in [0.25, 0.3) is 0 Å². The number of hydrogen-bond acceptors (Lipinski definition) is 2. The van der Waals surface area contributed by atoms with Gasteiger partial charge in [-0.2, -0.15) is 0 Å². The summed E-state index contributed by atoms with van der Waals surface area (Å²) in [6.45, 7) is 2.00. The quantitative estimate of drug-likeness (QED) is 0.894. The average molecular weight is 284 g/mol. The van der Waals surface area contributed by atoms with Crippen molar-refractivity contribution >= 4 is 21.9 Å². The summed E-state index contributed by atoms with van der Waals surface area (Å²) in [5.74, 6) is -0.920. The highest BCUT2D eigenvalue weighted by molar-refractivity contribution is 9.10. The molecule has 1 aliphatic rings. The van der Waals surface area contributed by atoms with Crippen LogP contribution in [-0.4, -0.2) is 17.1 Å². The Labute approximate surface area is 103 Å². The lowest BCUT2D eigenvalue weighted by molar-refractivity contribution is -0.139. The smallest absolute Gasteiger partial charge is 0.321 e. The van der Waals surface area contributed by atoms with Crippen LogP contribution >= 0.6 is 15.9 Å². The molecule has 16 heavy (non-hydrogen) atoms. The van der Waals surface area contributed by atoms with Crippen LogP contribution in [0.3, 0.4) is 0 Å². The van der Waals surface area contributed by atoms with E-state index < -0.39 is 12.0 Å².